The molecular weight excluding hydrogens is 547 g/mol. The number of nitrogens with one attached hydrogen (secondary N) is 1. The van der Waals surface area contributed by atoms with Crippen molar-refractivity contribution in [3.8, 4) is 23.0 Å². The Morgan fingerprint density at radius 3 is 1.64 bits per heavy atom. The fraction of sp³-hybridized carbons (Fsp3) is 0.370. The summed E-state index contributed by atoms with van der Waals surface area (Å²) < 4.78 is 22.5. The third-order valence-electron chi connectivity index (χ3n) is 6.39. The lowest BCUT2D eigenvalue weighted by molar-refractivity contribution is -0.377. The van der Waals surface area contributed by atoms with Gasteiger partial charge in [0.2, 0.25) is 0 Å². The predicted molar refractivity (Wildman–Crippen MR) is 142 cm³/mol. The molecule has 0 bridgehead atoms. The van der Waals surface area contributed by atoms with Gasteiger partial charge in [-0.1, -0.05) is 23.2 Å². The number of pyridine rings is 3. The van der Waals surface area contributed by atoms with Crippen LogP contribution in [0.25, 0.3) is 0 Å². The van der Waals surface area contributed by atoms with Crippen molar-refractivity contribution in [3.63, 3.8) is 0 Å². The van der Waals surface area contributed by atoms with Crippen molar-refractivity contribution < 1.29 is 33.5 Å². The van der Waals surface area contributed by atoms with Crippen LogP contribution in [0.4, 0.5) is 5.69 Å². The highest BCUT2D eigenvalue weighted by atomic mass is 35.5. The molecule has 2 saturated carbocycles. The van der Waals surface area contributed by atoms with Gasteiger partial charge in [-0.2, -0.15) is 0 Å². The summed E-state index contributed by atoms with van der Waals surface area (Å²) in [7, 11) is 2.97. The summed E-state index contributed by atoms with van der Waals surface area (Å²) in [5.74, 6) is 0.777. The number of ether oxygens (including phenoxy) is 4. The van der Waals surface area contributed by atoms with Gasteiger partial charge < -0.3 is 18.9 Å². The molecule has 1 N–H and O–H groups in total. The molecule has 3 heterocycles. The second-order valence-corrected chi connectivity index (χ2v) is 10.2. The lowest BCUT2D eigenvalue weighted by Gasteiger charge is -2.22. The molecule has 2 fully saturated rings. The molecule has 204 valence electrons. The van der Waals surface area contributed by atoms with Crippen LogP contribution in [0.1, 0.15) is 46.7 Å². The first-order chi connectivity index (χ1) is 18.9. The number of hydrogen-bond donors (Lipinski definition) is 0. The van der Waals surface area contributed by atoms with Gasteiger partial charge in [-0.3, -0.25) is 9.59 Å². The van der Waals surface area contributed by atoms with Crippen LogP contribution in [-0.4, -0.2) is 49.2 Å². The normalized spacial score (nSPS) is 14.5. The van der Waals surface area contributed by atoms with E-state index < -0.39 is 11.8 Å². The van der Waals surface area contributed by atoms with E-state index >= 15 is 0 Å². The third-order valence-corrected chi connectivity index (χ3v) is 6.96. The lowest BCUT2D eigenvalue weighted by Crippen LogP contribution is -2.39. The number of nitrogens with zero attached hydrogens (tertiary/aromatic N) is 3. The summed E-state index contributed by atoms with van der Waals surface area (Å²) in [6.07, 6.45) is 9.91. The van der Waals surface area contributed by atoms with Crippen LogP contribution in [0, 0.1) is 11.8 Å². The molecule has 0 aliphatic heterocycles. The Kier molecular flexibility index (Phi) is 8.04. The molecule has 0 saturated heterocycles. The fourth-order valence-electron chi connectivity index (χ4n) is 3.78. The first-order valence-electron chi connectivity index (χ1n) is 12.5. The summed E-state index contributed by atoms with van der Waals surface area (Å²) in [5, 5.41) is 0.0864. The lowest BCUT2D eigenvalue weighted by atomic mass is 10.2. The van der Waals surface area contributed by atoms with Crippen LogP contribution >= 0.6 is 23.2 Å². The summed E-state index contributed by atoms with van der Waals surface area (Å²) in [6, 6.07) is 2.87. The molecule has 0 radical (unpaired) electrons. The van der Waals surface area contributed by atoms with Crippen LogP contribution in [0.2, 0.25) is 10.0 Å². The van der Waals surface area contributed by atoms with E-state index in [0.29, 0.717) is 48.0 Å². The zero-order chi connectivity index (χ0) is 27.5. The largest absolute Gasteiger partial charge is 0.491 e. The van der Waals surface area contributed by atoms with Gasteiger partial charge in [-0.25, -0.2) is 19.9 Å². The topological polar surface area (TPSA) is 114 Å². The molecule has 2 aliphatic carbocycles. The van der Waals surface area contributed by atoms with Crippen LogP contribution < -0.4 is 28.8 Å². The van der Waals surface area contributed by atoms with Gasteiger partial charge in [0.15, 0.2) is 35.4 Å². The van der Waals surface area contributed by atoms with Crippen molar-refractivity contribution in [2.75, 3.05) is 32.3 Å². The van der Waals surface area contributed by atoms with E-state index in [1.165, 1.54) is 51.1 Å². The van der Waals surface area contributed by atoms with E-state index in [0.717, 1.165) is 30.6 Å². The number of halogens is 2. The van der Waals surface area contributed by atoms with Gasteiger partial charge in [0, 0.05) is 12.1 Å². The van der Waals surface area contributed by atoms with E-state index in [1.54, 1.807) is 0 Å². The van der Waals surface area contributed by atoms with E-state index in [-0.39, 0.29) is 27.1 Å². The van der Waals surface area contributed by atoms with E-state index in [2.05, 4.69) is 15.0 Å². The molecular formula is C27H27Cl2N4O6+. The van der Waals surface area contributed by atoms with Crippen LogP contribution in [-0.2, 0) is 0 Å². The molecule has 2 aliphatic rings. The number of amides is 2. The first-order valence-corrected chi connectivity index (χ1v) is 13.2. The van der Waals surface area contributed by atoms with Gasteiger partial charge in [-0.05, 0) is 37.5 Å². The number of hydrogen-bond acceptors (Lipinski definition) is 8. The smallest absolute Gasteiger partial charge is 0.284 e. The van der Waals surface area contributed by atoms with Gasteiger partial charge >= 0.3 is 0 Å². The Morgan fingerprint density at radius 1 is 0.821 bits per heavy atom. The monoisotopic (exact) mass is 573 g/mol. The summed E-state index contributed by atoms with van der Waals surface area (Å²) in [6.45, 7) is 0.977. The molecule has 0 aromatic carbocycles. The summed E-state index contributed by atoms with van der Waals surface area (Å²) in [5.41, 5.74) is -0.175. The second-order valence-electron chi connectivity index (χ2n) is 9.40. The number of aromatic amines is 1. The highest BCUT2D eigenvalue weighted by molar-refractivity contribution is 6.42. The van der Waals surface area contributed by atoms with Crippen LogP contribution in [0.15, 0.2) is 36.9 Å². The predicted octanol–water partition coefficient (Wildman–Crippen LogP) is 4.68. The van der Waals surface area contributed by atoms with Crippen molar-refractivity contribution in [2.45, 2.75) is 25.7 Å². The number of H-pyrrole nitrogens is 1. The molecule has 3 aromatic heterocycles. The van der Waals surface area contributed by atoms with E-state index in [1.807, 2.05) is 0 Å². The maximum absolute atomic E-state index is 13.9. The Bertz CT molecular complexity index is 1300. The minimum Gasteiger partial charge on any atom is -0.491 e. The highest BCUT2D eigenvalue weighted by Gasteiger charge is 2.34. The number of methoxy groups -OCH3 is 2. The third kappa shape index (κ3) is 6.17. The fourth-order valence-corrected chi connectivity index (χ4v) is 4.32. The zero-order valence-corrected chi connectivity index (χ0v) is 22.9. The Balaban J connectivity index is 1.53. The zero-order valence-electron chi connectivity index (χ0n) is 21.4. The maximum atomic E-state index is 13.9. The molecule has 10 nitrogen and oxygen atoms in total. The van der Waals surface area contributed by atoms with Gasteiger partial charge in [0.05, 0.1) is 39.8 Å². The molecule has 0 spiro atoms. The van der Waals surface area contributed by atoms with Crippen molar-refractivity contribution in [3.05, 3.63) is 58.4 Å². The van der Waals surface area contributed by atoms with Crippen LogP contribution in [0.5, 0.6) is 23.0 Å². The number of carbonyl (C=O) groups excluding carboxylic acids is 2. The molecule has 2 amide bonds. The van der Waals surface area contributed by atoms with Gasteiger partial charge in [0.1, 0.15) is 27.1 Å². The van der Waals surface area contributed by atoms with E-state index in [4.69, 9.17) is 42.1 Å². The number of aromatic nitrogens is 3. The summed E-state index contributed by atoms with van der Waals surface area (Å²) >= 11 is 12.9. The first kappa shape index (κ1) is 27.0. The quantitative estimate of drug-likeness (QED) is 0.304. The maximum Gasteiger partial charge on any atom is 0.284 e. The number of anilines is 1. The Labute approximate surface area is 235 Å². The number of imide groups is 1. The molecule has 0 atom stereocenters. The molecule has 12 heteroatoms. The average Bonchev–Trinajstić information content (AvgIpc) is 3.87. The van der Waals surface area contributed by atoms with Crippen molar-refractivity contribution in [1.29, 1.82) is 0 Å². The Hall–Kier alpha value is -3.63. The molecule has 3 aromatic rings. The minimum atomic E-state index is -0.785. The minimum absolute atomic E-state index is 0.0248. The van der Waals surface area contributed by atoms with Crippen molar-refractivity contribution in [1.82, 2.24) is 9.97 Å². The summed E-state index contributed by atoms with van der Waals surface area (Å²) in [4.78, 5) is 39.9. The van der Waals surface area contributed by atoms with E-state index in [9.17, 15) is 9.59 Å². The molecule has 39 heavy (non-hydrogen) atoms. The Morgan fingerprint density at radius 2 is 1.26 bits per heavy atom. The highest BCUT2D eigenvalue weighted by Crippen LogP contribution is 2.37. The van der Waals surface area contributed by atoms with Crippen molar-refractivity contribution >= 4 is 40.7 Å². The SMILES string of the molecule is COc1cnc(C(=O)N(C(=O)c2cc(OCC3CC3)c(OC)cn2)c2c(Cl)c[nH+]cc2Cl)cc1OCC1CC1. The second kappa shape index (κ2) is 11.6. The molecule has 0 unspecified atom stereocenters. The van der Waals surface area contributed by atoms with Crippen LogP contribution in [0.3, 0.4) is 0 Å². The average molecular weight is 574 g/mol. The molecule has 5 rings (SSSR count). The number of carbonyl (C=O) groups is 2. The van der Waals surface area contributed by atoms with Gasteiger partial charge in [-0.15, -0.1) is 0 Å². The van der Waals surface area contributed by atoms with Gasteiger partial charge in [0.25, 0.3) is 11.8 Å². The standard InChI is InChI=1S/C27H26Cl2N4O6/c1-36-23-11-31-19(7-21(23)38-13-15-3-4-15)26(34)33(25-17(28)9-30-10-18(25)29)27(35)20-8-22(24(37-2)12-32-20)39-14-16-5-6-16/h7-12,15-16H,3-6,13-14H2,1-2H3/p+1. The number of rotatable bonds is 11. The van der Waals surface area contributed by atoms with Crippen molar-refractivity contribution in [2.24, 2.45) is 11.8 Å².